The zero-order valence-corrected chi connectivity index (χ0v) is 16.4. The highest BCUT2D eigenvalue weighted by molar-refractivity contribution is 5.67. The number of anilines is 1. The van der Waals surface area contributed by atoms with Crippen LogP contribution in [0.25, 0.3) is 0 Å². The molecule has 1 aliphatic rings. The van der Waals surface area contributed by atoms with E-state index in [4.69, 9.17) is 4.74 Å². The second-order valence-electron chi connectivity index (χ2n) is 7.88. The fourth-order valence-corrected chi connectivity index (χ4v) is 3.29. The Morgan fingerprint density at radius 3 is 2.76 bits per heavy atom. The van der Waals surface area contributed by atoms with Crippen LogP contribution >= 0.6 is 0 Å². The number of piperidine rings is 1. The van der Waals surface area contributed by atoms with Crippen molar-refractivity contribution in [3.63, 3.8) is 0 Å². The minimum absolute atomic E-state index is 0.209. The Labute approximate surface area is 151 Å². The quantitative estimate of drug-likeness (QED) is 0.902. The van der Waals surface area contributed by atoms with Gasteiger partial charge in [-0.15, -0.1) is 0 Å². The molecule has 1 aromatic rings. The Kier molecular flexibility index (Phi) is 6.25. The summed E-state index contributed by atoms with van der Waals surface area (Å²) in [6.45, 7) is 13.4. The van der Waals surface area contributed by atoms with E-state index in [9.17, 15) is 4.79 Å². The molecular formula is C19H32N4O2. The van der Waals surface area contributed by atoms with Gasteiger partial charge in [0, 0.05) is 24.8 Å². The molecule has 140 valence electrons. The highest BCUT2D eigenvalue weighted by Gasteiger charge is 2.30. The summed E-state index contributed by atoms with van der Waals surface area (Å²) in [6, 6.07) is 2.28. The summed E-state index contributed by atoms with van der Waals surface area (Å²) >= 11 is 0. The number of aromatic nitrogens is 2. The van der Waals surface area contributed by atoms with Gasteiger partial charge in [-0.05, 0) is 52.9 Å². The van der Waals surface area contributed by atoms with Crippen molar-refractivity contribution in [2.45, 2.75) is 72.4 Å². The van der Waals surface area contributed by atoms with Crippen molar-refractivity contribution >= 4 is 11.9 Å². The molecule has 1 fully saturated rings. The van der Waals surface area contributed by atoms with Crippen LogP contribution in [0.5, 0.6) is 0 Å². The van der Waals surface area contributed by atoms with Crippen LogP contribution in [-0.2, 0) is 11.2 Å². The van der Waals surface area contributed by atoms with Crippen LogP contribution in [0.3, 0.4) is 0 Å². The molecule has 0 spiro atoms. The normalized spacial score (nSPS) is 21.1. The molecule has 1 saturated heterocycles. The summed E-state index contributed by atoms with van der Waals surface area (Å²) in [4.78, 5) is 23.5. The highest BCUT2D eigenvalue weighted by atomic mass is 16.6. The molecular weight excluding hydrogens is 316 g/mol. The number of carbonyl (C=O) groups excluding carboxylic acids is 1. The van der Waals surface area contributed by atoms with Gasteiger partial charge in [0.2, 0.25) is 0 Å². The Balaban J connectivity index is 2.13. The van der Waals surface area contributed by atoms with Gasteiger partial charge in [-0.25, -0.2) is 14.8 Å². The predicted octanol–water partition coefficient (Wildman–Crippen LogP) is 3.48. The van der Waals surface area contributed by atoms with E-state index in [1.807, 2.05) is 27.7 Å². The fourth-order valence-electron chi connectivity index (χ4n) is 3.29. The molecule has 1 aliphatic heterocycles. The van der Waals surface area contributed by atoms with Crippen LogP contribution in [0.1, 0.15) is 59.0 Å². The third-order valence-electron chi connectivity index (χ3n) is 4.50. The third-order valence-corrected chi connectivity index (χ3v) is 4.50. The lowest BCUT2D eigenvalue weighted by Gasteiger charge is -2.41. The summed E-state index contributed by atoms with van der Waals surface area (Å²) < 4.78 is 5.37. The Hall–Kier alpha value is -1.85. The van der Waals surface area contributed by atoms with E-state index in [1.54, 1.807) is 0 Å². The minimum Gasteiger partial charge on any atom is -0.444 e. The largest absolute Gasteiger partial charge is 0.444 e. The Morgan fingerprint density at radius 1 is 1.40 bits per heavy atom. The summed E-state index contributed by atoms with van der Waals surface area (Å²) in [7, 11) is 0. The van der Waals surface area contributed by atoms with Crippen molar-refractivity contribution in [3.8, 4) is 0 Å². The standard InChI is InChI=1S/C19H32N4O2/c1-7-15-11-17(22-14(3)21-15)23-10-8-9-13(2)16(23)12-20-18(24)25-19(4,5)6/h11,13,16H,7-10,12H2,1-6H3,(H,20,24). The molecule has 1 amide bonds. The maximum Gasteiger partial charge on any atom is 0.407 e. The van der Waals surface area contributed by atoms with Crippen LogP contribution in [0, 0.1) is 12.8 Å². The van der Waals surface area contributed by atoms with Crippen LogP contribution in [0.15, 0.2) is 6.07 Å². The maximum absolute atomic E-state index is 12.0. The molecule has 1 aromatic heterocycles. The van der Waals surface area contributed by atoms with Gasteiger partial charge in [0.05, 0.1) is 6.04 Å². The first-order chi connectivity index (χ1) is 11.7. The minimum atomic E-state index is -0.484. The monoisotopic (exact) mass is 348 g/mol. The molecule has 2 rings (SSSR count). The number of hydrogen-bond acceptors (Lipinski definition) is 5. The van der Waals surface area contributed by atoms with Crippen molar-refractivity contribution < 1.29 is 9.53 Å². The zero-order chi connectivity index (χ0) is 18.6. The summed E-state index contributed by atoms with van der Waals surface area (Å²) in [5, 5.41) is 2.94. The number of alkyl carbamates (subject to hydrolysis) is 1. The molecule has 0 aliphatic carbocycles. The van der Waals surface area contributed by atoms with Gasteiger partial charge >= 0.3 is 6.09 Å². The maximum atomic E-state index is 12.0. The Bertz CT molecular complexity index is 598. The topological polar surface area (TPSA) is 67.4 Å². The van der Waals surface area contributed by atoms with Gasteiger partial charge in [-0.3, -0.25) is 0 Å². The molecule has 6 nitrogen and oxygen atoms in total. The summed E-state index contributed by atoms with van der Waals surface area (Å²) in [5.41, 5.74) is 0.571. The lowest BCUT2D eigenvalue weighted by molar-refractivity contribution is 0.0519. The number of aryl methyl sites for hydroxylation is 2. The number of rotatable bonds is 4. The van der Waals surface area contributed by atoms with Crippen LogP contribution < -0.4 is 10.2 Å². The van der Waals surface area contributed by atoms with E-state index in [0.29, 0.717) is 12.5 Å². The van der Waals surface area contributed by atoms with Crippen molar-refractivity contribution in [3.05, 3.63) is 17.6 Å². The molecule has 0 bridgehead atoms. The van der Waals surface area contributed by atoms with Crippen molar-refractivity contribution in [1.82, 2.24) is 15.3 Å². The smallest absolute Gasteiger partial charge is 0.407 e. The molecule has 0 radical (unpaired) electrons. The number of nitrogens with one attached hydrogen (secondary N) is 1. The van der Waals surface area contributed by atoms with Gasteiger partial charge in [0.15, 0.2) is 0 Å². The van der Waals surface area contributed by atoms with Gasteiger partial charge < -0.3 is 15.0 Å². The summed E-state index contributed by atoms with van der Waals surface area (Å²) in [6.07, 6.45) is 2.81. The van der Waals surface area contributed by atoms with Crippen LogP contribution in [0.4, 0.5) is 10.6 Å². The Morgan fingerprint density at radius 2 is 2.12 bits per heavy atom. The van der Waals surface area contributed by atoms with Gasteiger partial charge in [0.1, 0.15) is 17.2 Å². The van der Waals surface area contributed by atoms with E-state index < -0.39 is 5.60 Å². The van der Waals surface area contributed by atoms with E-state index in [0.717, 1.165) is 43.1 Å². The molecule has 1 N–H and O–H groups in total. The molecule has 0 aromatic carbocycles. The van der Waals surface area contributed by atoms with Crippen molar-refractivity contribution in [1.29, 1.82) is 0 Å². The molecule has 25 heavy (non-hydrogen) atoms. The number of hydrogen-bond donors (Lipinski definition) is 1. The average Bonchev–Trinajstić information content (AvgIpc) is 2.51. The lowest BCUT2D eigenvalue weighted by Crippen LogP contribution is -2.51. The number of ether oxygens (including phenoxy) is 1. The zero-order valence-electron chi connectivity index (χ0n) is 16.4. The van der Waals surface area contributed by atoms with E-state index in [1.165, 1.54) is 0 Å². The molecule has 0 saturated carbocycles. The van der Waals surface area contributed by atoms with E-state index in [-0.39, 0.29) is 12.1 Å². The van der Waals surface area contributed by atoms with Crippen LogP contribution in [-0.4, -0.2) is 40.8 Å². The van der Waals surface area contributed by atoms with Gasteiger partial charge in [-0.2, -0.15) is 0 Å². The van der Waals surface area contributed by atoms with E-state index in [2.05, 4.69) is 40.1 Å². The first-order valence-corrected chi connectivity index (χ1v) is 9.27. The first-order valence-electron chi connectivity index (χ1n) is 9.27. The average molecular weight is 348 g/mol. The number of amides is 1. The van der Waals surface area contributed by atoms with Crippen molar-refractivity contribution in [2.24, 2.45) is 5.92 Å². The molecule has 2 heterocycles. The molecule has 2 atom stereocenters. The summed E-state index contributed by atoms with van der Waals surface area (Å²) in [5.74, 6) is 2.24. The number of carbonyl (C=O) groups is 1. The second kappa shape index (κ2) is 8.02. The third kappa shape index (κ3) is 5.58. The van der Waals surface area contributed by atoms with Crippen LogP contribution in [0.2, 0.25) is 0 Å². The molecule has 6 heteroatoms. The lowest BCUT2D eigenvalue weighted by atomic mass is 9.90. The van der Waals surface area contributed by atoms with E-state index >= 15 is 0 Å². The van der Waals surface area contributed by atoms with Crippen molar-refractivity contribution in [2.75, 3.05) is 18.0 Å². The predicted molar refractivity (Wildman–Crippen MR) is 99.9 cm³/mol. The first kappa shape index (κ1) is 19.5. The van der Waals surface area contributed by atoms with Gasteiger partial charge in [-0.1, -0.05) is 13.8 Å². The number of nitrogens with zero attached hydrogens (tertiary/aromatic N) is 3. The SMILES string of the molecule is CCc1cc(N2CCCC(C)C2CNC(=O)OC(C)(C)C)nc(C)n1. The highest BCUT2D eigenvalue weighted by Crippen LogP contribution is 2.28. The van der Waals surface area contributed by atoms with Gasteiger partial charge in [0.25, 0.3) is 0 Å². The second-order valence-corrected chi connectivity index (χ2v) is 7.88. The fraction of sp³-hybridized carbons (Fsp3) is 0.737. The molecule has 2 unspecified atom stereocenters.